The number of nitrogens with zero attached hydrogens (tertiary/aromatic N) is 3. The van der Waals surface area contributed by atoms with E-state index in [-0.39, 0.29) is 38.3 Å². The Bertz CT molecular complexity index is 1810. The van der Waals surface area contributed by atoms with Crippen molar-refractivity contribution in [1.82, 2.24) is 20.2 Å². The average Bonchev–Trinajstić information content (AvgIpc) is 2.95. The zero-order chi connectivity index (χ0) is 31.6. The molecular weight excluding hydrogens is 578 g/mol. The molecule has 0 saturated carbocycles. The van der Waals surface area contributed by atoms with Gasteiger partial charge in [0, 0.05) is 32.1 Å². The van der Waals surface area contributed by atoms with E-state index in [9.17, 15) is 18.0 Å². The number of anilines is 1. The molecule has 3 aromatic carbocycles. The molecule has 1 aromatic heterocycles. The third-order valence-electron chi connectivity index (χ3n) is 7.08. The molecule has 44 heavy (non-hydrogen) atoms. The maximum Gasteiger partial charge on any atom is 0.264 e. The van der Waals surface area contributed by atoms with Gasteiger partial charge in [-0.2, -0.15) is 4.98 Å². The van der Waals surface area contributed by atoms with Gasteiger partial charge in [0.2, 0.25) is 17.7 Å². The van der Waals surface area contributed by atoms with E-state index in [1.165, 1.54) is 29.2 Å². The van der Waals surface area contributed by atoms with Crippen LogP contribution in [0.3, 0.4) is 0 Å². The first kappa shape index (κ1) is 30.7. The molecule has 2 heterocycles. The number of benzene rings is 3. The van der Waals surface area contributed by atoms with Crippen LogP contribution in [0.4, 0.5) is 5.95 Å². The van der Waals surface area contributed by atoms with Crippen molar-refractivity contribution in [3.8, 4) is 17.1 Å². The number of hydrogen-bond donors (Lipinski definition) is 2. The van der Waals surface area contributed by atoms with Gasteiger partial charge in [0.15, 0.2) is 0 Å². The number of amides is 2. The van der Waals surface area contributed by atoms with E-state index in [4.69, 9.17) is 4.74 Å². The zero-order valence-corrected chi connectivity index (χ0v) is 26.1. The SMILES string of the molecule is Cc1cccc(C)c1-c1cc2nc(n1)NS(=O)(=O)c1cccc(c1)C(=O)N(Cc1ccccc1)C(C(=O)NC(C)(C)C)CO2.[HH].[HH]. The number of carbonyl (C=O) groups is 2. The molecule has 1 aliphatic heterocycles. The highest BCUT2D eigenvalue weighted by atomic mass is 32.2. The number of hydrogen-bond acceptors (Lipinski definition) is 7. The van der Waals surface area contributed by atoms with Crippen LogP contribution >= 0.6 is 0 Å². The Morgan fingerprint density at radius 2 is 1.68 bits per heavy atom. The van der Waals surface area contributed by atoms with Gasteiger partial charge in [0.25, 0.3) is 15.9 Å². The van der Waals surface area contributed by atoms with Crippen LogP contribution in [0.2, 0.25) is 0 Å². The molecule has 0 aliphatic carbocycles. The molecule has 4 bridgehead atoms. The number of nitrogens with one attached hydrogen (secondary N) is 2. The largest absolute Gasteiger partial charge is 0.475 e. The number of fused-ring (bicyclic) bond motifs is 4. The molecule has 0 fully saturated rings. The highest BCUT2D eigenvalue weighted by molar-refractivity contribution is 7.92. The summed E-state index contributed by atoms with van der Waals surface area (Å²) in [6.07, 6.45) is 0. The first-order chi connectivity index (χ1) is 20.8. The van der Waals surface area contributed by atoms with Crippen molar-refractivity contribution in [2.24, 2.45) is 0 Å². The van der Waals surface area contributed by atoms with Gasteiger partial charge in [0.1, 0.15) is 12.6 Å². The van der Waals surface area contributed by atoms with Crippen molar-refractivity contribution < 1.29 is 25.6 Å². The van der Waals surface area contributed by atoms with Crippen LogP contribution in [0.5, 0.6) is 5.88 Å². The second-order valence-electron chi connectivity index (χ2n) is 11.8. The van der Waals surface area contributed by atoms with Gasteiger partial charge >= 0.3 is 0 Å². The third-order valence-corrected chi connectivity index (χ3v) is 8.41. The summed E-state index contributed by atoms with van der Waals surface area (Å²) in [5.74, 6) is -1.12. The molecule has 2 amide bonds. The van der Waals surface area contributed by atoms with Crippen molar-refractivity contribution >= 4 is 27.8 Å². The van der Waals surface area contributed by atoms with E-state index in [0.717, 1.165) is 22.3 Å². The van der Waals surface area contributed by atoms with Gasteiger partial charge in [-0.3, -0.25) is 9.59 Å². The number of sulfonamides is 1. The number of rotatable bonds is 4. The van der Waals surface area contributed by atoms with Gasteiger partial charge in [-0.15, -0.1) is 0 Å². The highest BCUT2D eigenvalue weighted by Crippen LogP contribution is 2.30. The summed E-state index contributed by atoms with van der Waals surface area (Å²) in [4.78, 5) is 38.1. The van der Waals surface area contributed by atoms with Gasteiger partial charge in [-0.25, -0.2) is 18.1 Å². The predicted octanol–water partition coefficient (Wildman–Crippen LogP) is 5.37. The minimum absolute atomic E-state index is 0. The number of carbonyl (C=O) groups excluding carboxylic acids is 2. The Hall–Kier alpha value is -4.77. The van der Waals surface area contributed by atoms with Crippen LogP contribution in [0, 0.1) is 13.8 Å². The van der Waals surface area contributed by atoms with E-state index in [2.05, 4.69) is 20.0 Å². The second kappa shape index (κ2) is 12.1. The average molecular weight is 618 g/mol. The van der Waals surface area contributed by atoms with Gasteiger partial charge in [-0.05, 0) is 69.5 Å². The predicted molar refractivity (Wildman–Crippen MR) is 172 cm³/mol. The lowest BCUT2D eigenvalue weighted by Gasteiger charge is -2.33. The summed E-state index contributed by atoms with van der Waals surface area (Å²) in [5.41, 5.74) is 3.38. The van der Waals surface area contributed by atoms with Crippen LogP contribution in [-0.2, 0) is 21.4 Å². The standard InChI is InChI=1S/C33H35N5O5S.2H2/c1-21-11-9-12-22(2)29(21)26-18-28-35-32(34-26)37-44(41,42)25-16-10-15-24(17-25)31(40)38(19-23-13-7-6-8-14-23)27(20-43-28)30(39)36-33(3,4)5;;/h6-18,27H,19-20H2,1-5H3,(H,36,39)(H,34,35,37);2*1H. The fraction of sp³-hybridized carbons (Fsp3) is 0.273. The fourth-order valence-corrected chi connectivity index (χ4v) is 6.05. The zero-order valence-electron chi connectivity index (χ0n) is 25.3. The van der Waals surface area contributed by atoms with Gasteiger partial charge < -0.3 is 15.0 Å². The van der Waals surface area contributed by atoms with Crippen LogP contribution in [0.1, 0.15) is 50.7 Å². The summed E-state index contributed by atoms with van der Waals surface area (Å²) in [6, 6.07) is 21.2. The van der Waals surface area contributed by atoms with E-state index in [1.807, 2.05) is 83.1 Å². The minimum Gasteiger partial charge on any atom is -0.475 e. The Morgan fingerprint density at radius 3 is 2.36 bits per heavy atom. The lowest BCUT2D eigenvalue weighted by molar-refractivity contribution is -0.128. The Labute approximate surface area is 260 Å². The minimum atomic E-state index is -4.21. The molecule has 11 heteroatoms. The van der Waals surface area contributed by atoms with E-state index in [1.54, 1.807) is 6.07 Å². The first-order valence-corrected chi connectivity index (χ1v) is 15.7. The maximum atomic E-state index is 14.2. The van der Waals surface area contributed by atoms with Crippen LogP contribution < -0.4 is 14.8 Å². The van der Waals surface area contributed by atoms with E-state index >= 15 is 0 Å². The molecule has 5 rings (SSSR count). The Balaban J connectivity index is 0.00000288. The molecule has 2 N–H and O–H groups in total. The second-order valence-corrected chi connectivity index (χ2v) is 13.5. The summed E-state index contributed by atoms with van der Waals surface area (Å²) in [7, 11) is -4.21. The summed E-state index contributed by atoms with van der Waals surface area (Å²) < 4.78 is 35.7. The first-order valence-electron chi connectivity index (χ1n) is 14.2. The molecule has 0 spiro atoms. The molecule has 10 nitrogen and oxygen atoms in total. The van der Waals surface area contributed by atoms with E-state index in [0.29, 0.717) is 5.69 Å². The highest BCUT2D eigenvalue weighted by Gasteiger charge is 2.34. The normalized spacial score (nSPS) is 16.4. The van der Waals surface area contributed by atoms with Crippen molar-refractivity contribution in [3.05, 3.63) is 101 Å². The monoisotopic (exact) mass is 617 g/mol. The van der Waals surface area contributed by atoms with Crippen molar-refractivity contribution in [3.63, 3.8) is 0 Å². The molecule has 1 atom stereocenters. The molecule has 1 aliphatic rings. The fourth-order valence-electron chi connectivity index (χ4n) is 5.06. The topological polar surface area (TPSA) is 131 Å². The Kier molecular flexibility index (Phi) is 8.42. The van der Waals surface area contributed by atoms with Gasteiger partial charge in [0.05, 0.1) is 10.6 Å². The van der Waals surface area contributed by atoms with Crippen LogP contribution in [0.25, 0.3) is 11.3 Å². The number of aryl methyl sites for hydroxylation is 2. The Morgan fingerprint density at radius 1 is 1.00 bits per heavy atom. The third kappa shape index (κ3) is 6.89. The maximum absolute atomic E-state index is 14.2. The van der Waals surface area contributed by atoms with E-state index < -0.39 is 33.4 Å². The molecular formula is C33H39N5O5S. The number of ether oxygens (including phenoxy) is 1. The van der Waals surface area contributed by atoms with Crippen molar-refractivity contribution in [2.75, 3.05) is 11.3 Å². The summed E-state index contributed by atoms with van der Waals surface area (Å²) >= 11 is 0. The van der Waals surface area contributed by atoms with Crippen molar-refractivity contribution in [1.29, 1.82) is 0 Å². The molecule has 4 aromatic rings. The van der Waals surface area contributed by atoms with Gasteiger partial charge in [-0.1, -0.05) is 54.6 Å². The smallest absolute Gasteiger partial charge is 0.264 e. The van der Waals surface area contributed by atoms with Crippen molar-refractivity contribution in [2.45, 2.75) is 57.6 Å². The molecule has 232 valence electrons. The molecule has 0 radical (unpaired) electrons. The van der Waals surface area contributed by atoms with Crippen LogP contribution in [-0.4, -0.2) is 53.3 Å². The number of aromatic nitrogens is 2. The lowest BCUT2D eigenvalue weighted by Crippen LogP contribution is -2.55. The molecule has 0 saturated heterocycles. The quantitative estimate of drug-likeness (QED) is 0.315. The lowest BCUT2D eigenvalue weighted by atomic mass is 10.00. The van der Waals surface area contributed by atoms with Crippen LogP contribution in [0.15, 0.2) is 83.8 Å². The molecule has 1 unspecified atom stereocenters. The summed E-state index contributed by atoms with van der Waals surface area (Å²) in [5, 5.41) is 2.97. The summed E-state index contributed by atoms with van der Waals surface area (Å²) in [6.45, 7) is 9.23.